The maximum absolute atomic E-state index is 11.7. The topological polar surface area (TPSA) is 211 Å². The molecular weight excluding hydrogens is 572 g/mol. The van der Waals surface area contributed by atoms with Crippen LogP contribution < -0.4 is 10.6 Å². The lowest BCUT2D eigenvalue weighted by Gasteiger charge is -2.35. The van der Waals surface area contributed by atoms with E-state index in [1.54, 1.807) is 6.08 Å². The van der Waals surface area contributed by atoms with Crippen molar-refractivity contribution in [1.82, 2.24) is 5.32 Å². The van der Waals surface area contributed by atoms with Crippen LogP contribution in [-0.2, 0) is 0 Å². The number of benzene rings is 1. The van der Waals surface area contributed by atoms with Crippen molar-refractivity contribution in [3.05, 3.63) is 62.2 Å². The summed E-state index contributed by atoms with van der Waals surface area (Å²) in [6.07, 6.45) is 11.2. The second-order valence-corrected chi connectivity index (χ2v) is 11.7. The van der Waals surface area contributed by atoms with Crippen molar-refractivity contribution >= 4 is 17.1 Å². The average molecular weight is 623 g/mol. The number of anilines is 1. The van der Waals surface area contributed by atoms with Gasteiger partial charge in [-0.3, -0.25) is 20.2 Å². The van der Waals surface area contributed by atoms with Crippen molar-refractivity contribution in [2.45, 2.75) is 115 Å². The molecule has 0 radical (unpaired) electrons. The van der Waals surface area contributed by atoms with Crippen LogP contribution in [0.1, 0.15) is 78.1 Å². The van der Waals surface area contributed by atoms with E-state index in [-0.39, 0.29) is 23.7 Å². The maximum atomic E-state index is 11.7. The van der Waals surface area contributed by atoms with E-state index < -0.39 is 64.3 Å². The van der Waals surface area contributed by atoms with Gasteiger partial charge in [-0.15, -0.1) is 0 Å². The summed E-state index contributed by atoms with van der Waals surface area (Å²) >= 11 is 0. The van der Waals surface area contributed by atoms with E-state index in [2.05, 4.69) is 17.6 Å². The number of rotatable bonds is 21. The predicted molar refractivity (Wildman–Crippen MR) is 168 cm³/mol. The SMILES string of the molecule is CCCCCCCCCCCC(C)/C=C/[C@@H](O)C(CNC1C=C(CO)[C@@H](O)C(O)[C@H]1O)Nc1ccc([N+](=O)[O-])cc1[N+](=O)[O-]. The van der Waals surface area contributed by atoms with Gasteiger partial charge in [-0.2, -0.15) is 0 Å². The summed E-state index contributed by atoms with van der Waals surface area (Å²) in [5.74, 6) is 0.170. The van der Waals surface area contributed by atoms with Gasteiger partial charge in [0, 0.05) is 12.6 Å². The Morgan fingerprint density at radius 3 is 2.16 bits per heavy atom. The summed E-state index contributed by atoms with van der Waals surface area (Å²) < 4.78 is 0. The molecular formula is C31H50N4O9. The van der Waals surface area contributed by atoms with Crippen LogP contribution in [0.5, 0.6) is 0 Å². The van der Waals surface area contributed by atoms with Crippen molar-refractivity contribution in [2.75, 3.05) is 18.5 Å². The Bertz CT molecular complexity index is 1100. The number of hydrogen-bond donors (Lipinski definition) is 7. The molecule has 13 heteroatoms. The highest BCUT2D eigenvalue weighted by molar-refractivity contribution is 5.65. The van der Waals surface area contributed by atoms with Gasteiger partial charge in [0.15, 0.2) is 0 Å². The second kappa shape index (κ2) is 19.4. The van der Waals surface area contributed by atoms with E-state index in [9.17, 15) is 45.8 Å². The predicted octanol–water partition coefficient (Wildman–Crippen LogP) is 3.73. The first-order valence-corrected chi connectivity index (χ1v) is 15.6. The molecule has 0 saturated carbocycles. The summed E-state index contributed by atoms with van der Waals surface area (Å²) in [4.78, 5) is 21.4. The van der Waals surface area contributed by atoms with Gasteiger partial charge in [-0.05, 0) is 24.0 Å². The van der Waals surface area contributed by atoms with Gasteiger partial charge in [0.25, 0.3) is 11.4 Å². The highest BCUT2D eigenvalue weighted by atomic mass is 16.6. The molecule has 44 heavy (non-hydrogen) atoms. The van der Waals surface area contributed by atoms with Gasteiger partial charge in [0.1, 0.15) is 24.0 Å². The van der Waals surface area contributed by atoms with Gasteiger partial charge in [-0.25, -0.2) is 0 Å². The molecule has 0 bridgehead atoms. The molecule has 1 aromatic carbocycles. The molecule has 2 rings (SSSR count). The zero-order valence-corrected chi connectivity index (χ0v) is 25.8. The third kappa shape index (κ3) is 11.9. The Kier molecular flexibility index (Phi) is 16.5. The third-order valence-electron chi connectivity index (χ3n) is 8.11. The Balaban J connectivity index is 2.10. The highest BCUT2D eigenvalue weighted by Crippen LogP contribution is 2.30. The van der Waals surface area contributed by atoms with E-state index in [4.69, 9.17) is 0 Å². The number of nitro benzene ring substituents is 2. The molecule has 1 aliphatic carbocycles. The van der Waals surface area contributed by atoms with Crippen LogP contribution >= 0.6 is 0 Å². The third-order valence-corrected chi connectivity index (χ3v) is 8.11. The Labute approximate surface area is 259 Å². The van der Waals surface area contributed by atoms with E-state index in [1.165, 1.54) is 57.1 Å². The van der Waals surface area contributed by atoms with Crippen LogP contribution in [0.3, 0.4) is 0 Å². The highest BCUT2D eigenvalue weighted by Gasteiger charge is 2.37. The first kappa shape index (κ1) is 37.2. The number of nitro groups is 2. The molecule has 1 aromatic rings. The lowest BCUT2D eigenvalue weighted by atomic mass is 9.88. The van der Waals surface area contributed by atoms with Gasteiger partial charge in [0.2, 0.25) is 0 Å². The molecule has 13 nitrogen and oxygen atoms in total. The van der Waals surface area contributed by atoms with Crippen LogP contribution in [0.15, 0.2) is 42.0 Å². The molecule has 0 amide bonds. The minimum absolute atomic E-state index is 0.0474. The molecule has 0 heterocycles. The van der Waals surface area contributed by atoms with Crippen molar-refractivity contribution in [3.8, 4) is 0 Å². The van der Waals surface area contributed by atoms with E-state index in [0.717, 1.165) is 31.4 Å². The molecule has 248 valence electrons. The van der Waals surface area contributed by atoms with Gasteiger partial charge in [-0.1, -0.05) is 89.9 Å². The fraction of sp³-hybridized carbons (Fsp3) is 0.677. The molecule has 0 spiro atoms. The number of non-ortho nitro benzene ring substituents is 1. The largest absolute Gasteiger partial charge is 0.392 e. The Morgan fingerprint density at radius 1 is 0.932 bits per heavy atom. The summed E-state index contributed by atoms with van der Waals surface area (Å²) in [6, 6.07) is 1.34. The fourth-order valence-electron chi connectivity index (χ4n) is 5.31. The minimum Gasteiger partial charge on any atom is -0.392 e. The minimum atomic E-state index is -1.56. The maximum Gasteiger partial charge on any atom is 0.299 e. The number of aliphatic hydroxyl groups excluding tert-OH is 5. The monoisotopic (exact) mass is 622 g/mol. The molecule has 0 aliphatic heterocycles. The van der Waals surface area contributed by atoms with E-state index >= 15 is 0 Å². The zero-order valence-electron chi connectivity index (χ0n) is 25.8. The number of unbranched alkanes of at least 4 members (excludes halogenated alkanes) is 8. The second-order valence-electron chi connectivity index (χ2n) is 11.7. The van der Waals surface area contributed by atoms with Gasteiger partial charge < -0.3 is 36.2 Å². The summed E-state index contributed by atoms with van der Waals surface area (Å²) in [6.45, 7) is 3.64. The molecule has 0 saturated heterocycles. The lowest BCUT2D eigenvalue weighted by molar-refractivity contribution is -0.393. The van der Waals surface area contributed by atoms with Crippen molar-refractivity contribution < 1.29 is 35.4 Å². The quantitative estimate of drug-likeness (QED) is 0.0454. The fourth-order valence-corrected chi connectivity index (χ4v) is 5.31. The molecule has 0 aromatic heterocycles. The molecule has 0 fully saturated rings. The van der Waals surface area contributed by atoms with E-state index in [0.29, 0.717) is 0 Å². The smallest absolute Gasteiger partial charge is 0.299 e. The van der Waals surface area contributed by atoms with Crippen LogP contribution in [0.25, 0.3) is 0 Å². The Morgan fingerprint density at radius 2 is 1.57 bits per heavy atom. The number of allylic oxidation sites excluding steroid dienone is 1. The molecule has 7 N–H and O–H groups in total. The summed E-state index contributed by atoms with van der Waals surface area (Å²) in [7, 11) is 0. The van der Waals surface area contributed by atoms with Crippen LogP contribution in [-0.4, -0.2) is 85.0 Å². The van der Waals surface area contributed by atoms with Crippen molar-refractivity contribution in [2.24, 2.45) is 5.92 Å². The van der Waals surface area contributed by atoms with E-state index in [1.807, 2.05) is 13.0 Å². The van der Waals surface area contributed by atoms with Crippen molar-refractivity contribution in [1.29, 1.82) is 0 Å². The van der Waals surface area contributed by atoms with Gasteiger partial charge >= 0.3 is 0 Å². The number of aliphatic hydroxyl groups is 5. The molecule has 7 atom stereocenters. The zero-order chi connectivity index (χ0) is 32.6. The summed E-state index contributed by atoms with van der Waals surface area (Å²) in [5, 5.41) is 80.2. The molecule has 1 aliphatic rings. The number of nitrogens with one attached hydrogen (secondary N) is 2. The van der Waals surface area contributed by atoms with Crippen LogP contribution in [0, 0.1) is 26.1 Å². The van der Waals surface area contributed by atoms with Crippen LogP contribution in [0.2, 0.25) is 0 Å². The van der Waals surface area contributed by atoms with Crippen LogP contribution in [0.4, 0.5) is 17.1 Å². The first-order valence-electron chi connectivity index (χ1n) is 15.6. The Hall–Kier alpha value is -2.94. The first-order chi connectivity index (χ1) is 21.0. The average Bonchev–Trinajstić information content (AvgIpc) is 3.00. The standard InChI is InChI=1S/C31H50N4O9/c1-3-4-5-6-7-8-9-10-11-12-21(2)13-16-28(37)26(19-32-25-17-22(20-36)29(38)31(40)30(25)39)33-24-15-14-23(34(41)42)18-27(24)35(43)44/h13-18,21,25-26,28-33,36-40H,3-12,19-20H2,1-2H3/b16-13+/t21?,25?,26?,28-,29-,30+,31?/m1/s1. The lowest BCUT2D eigenvalue weighted by Crippen LogP contribution is -2.56. The normalized spacial score (nSPS) is 22.4. The van der Waals surface area contributed by atoms with Gasteiger partial charge in [0.05, 0.1) is 40.7 Å². The number of hydrogen-bond acceptors (Lipinski definition) is 11. The number of nitrogens with zero attached hydrogens (tertiary/aromatic N) is 2. The summed E-state index contributed by atoms with van der Waals surface area (Å²) in [5.41, 5.74) is -0.935. The molecule has 4 unspecified atom stereocenters. The van der Waals surface area contributed by atoms with Crippen molar-refractivity contribution in [3.63, 3.8) is 0 Å².